The lowest BCUT2D eigenvalue weighted by Gasteiger charge is -2.37. The Labute approximate surface area is 408 Å². The first-order valence-electron chi connectivity index (χ1n) is 24.3. The van der Waals surface area contributed by atoms with Crippen molar-refractivity contribution in [1.29, 1.82) is 0 Å². The number of pyridine rings is 1. The van der Waals surface area contributed by atoms with E-state index in [1.807, 2.05) is 38.2 Å². The number of phenolic OH excluding ortho intramolecular Hbond substituents is 1. The molecular weight excluding hydrogens is 897 g/mol. The Morgan fingerprint density at radius 2 is 1.86 bits per heavy atom. The lowest BCUT2D eigenvalue weighted by Crippen LogP contribution is -2.62. The summed E-state index contributed by atoms with van der Waals surface area (Å²) in [5, 5.41) is 21.7. The maximum absolute atomic E-state index is 14.8. The first kappa shape index (κ1) is 49.0. The van der Waals surface area contributed by atoms with Crippen LogP contribution in [0, 0.1) is 11.3 Å². The van der Waals surface area contributed by atoms with Crippen LogP contribution in [0.15, 0.2) is 54.9 Å². The fraction of sp³-hybridized carbons (Fsp3) is 0.529. The van der Waals surface area contributed by atoms with Gasteiger partial charge < -0.3 is 39.2 Å². The highest BCUT2D eigenvalue weighted by atomic mass is 17.0. The number of rotatable bonds is 12. The van der Waals surface area contributed by atoms with Gasteiger partial charge in [0.1, 0.15) is 30.0 Å². The summed E-state index contributed by atoms with van der Waals surface area (Å²) in [6.07, 6.45) is 4.62. The monoisotopic (exact) mass is 963 g/mol. The van der Waals surface area contributed by atoms with E-state index >= 15 is 0 Å². The molecular formula is C51H66N10O9. The van der Waals surface area contributed by atoms with Crippen molar-refractivity contribution in [3.63, 3.8) is 0 Å². The number of piperazine rings is 1. The number of benzene rings is 2. The molecule has 0 radical (unpaired) electrons. The summed E-state index contributed by atoms with van der Waals surface area (Å²) in [4.78, 5) is 83.5. The van der Waals surface area contributed by atoms with Gasteiger partial charge in [0, 0.05) is 82.2 Å². The van der Waals surface area contributed by atoms with Crippen LogP contribution in [-0.4, -0.2) is 160 Å². The molecule has 5 aliphatic heterocycles. The number of hydrogen-bond donors (Lipinski definition) is 4. The molecule has 0 spiro atoms. The Balaban J connectivity index is 1.04. The number of aromatic nitrogens is 2. The van der Waals surface area contributed by atoms with Crippen molar-refractivity contribution >= 4 is 40.4 Å². The largest absolute Gasteiger partial charge is 0.508 e. The van der Waals surface area contributed by atoms with Crippen molar-refractivity contribution in [3.05, 3.63) is 71.5 Å². The minimum Gasteiger partial charge on any atom is -0.508 e. The topological polar surface area (TPSA) is 216 Å². The number of likely N-dealkylation sites (tertiary alicyclic amines) is 1. The fourth-order valence-corrected chi connectivity index (χ4v) is 10.5. The summed E-state index contributed by atoms with van der Waals surface area (Å²) in [7, 11) is 4.70. The number of fused-ring (bicyclic) bond motifs is 9. The summed E-state index contributed by atoms with van der Waals surface area (Å²) in [5.74, 6) is -2.36. The summed E-state index contributed by atoms with van der Waals surface area (Å²) in [6, 6.07) is 11.2. The SMILES string of the molecule is CCn1c(-c2cnccc2COC)c2c3cc(ccc31)-c1cc(O)cc(c1)C[C@H](NC(=O)[C@H](C(C)C)N(C)C(=O)CN(C)C(=O)CN1CC3N[C@@H]3C1=O)C(=O)N1CCC[C@H](N1)N1OC1OCC(C)(C)C2. The molecule has 19 nitrogen and oxygen atoms in total. The summed E-state index contributed by atoms with van der Waals surface area (Å²) in [5.41, 5.74) is 10.3. The maximum atomic E-state index is 14.8. The van der Waals surface area contributed by atoms with Gasteiger partial charge in [0.2, 0.25) is 23.6 Å². The Hall–Kier alpha value is -5.96. The lowest BCUT2D eigenvalue weighted by atomic mass is 9.84. The third kappa shape index (κ3) is 10.00. The zero-order valence-electron chi connectivity index (χ0n) is 41.4. The Kier molecular flexibility index (Phi) is 13.8. The quantitative estimate of drug-likeness (QED) is 0.151. The number of likely N-dealkylation sites (N-methyl/N-ethyl adjacent to an activating group) is 2. The highest BCUT2D eigenvalue weighted by Crippen LogP contribution is 2.42. The summed E-state index contributed by atoms with van der Waals surface area (Å²) in [6.45, 7) is 11.9. The van der Waals surface area contributed by atoms with E-state index in [1.54, 1.807) is 30.5 Å². The summed E-state index contributed by atoms with van der Waals surface area (Å²) >= 11 is 0. The van der Waals surface area contributed by atoms with E-state index in [-0.39, 0.29) is 48.7 Å². The average molecular weight is 963 g/mol. The second-order valence-corrected chi connectivity index (χ2v) is 20.5. The molecule has 70 heavy (non-hydrogen) atoms. The van der Waals surface area contributed by atoms with E-state index in [0.29, 0.717) is 57.7 Å². The molecule has 6 bridgehead atoms. The number of amides is 5. The van der Waals surface area contributed by atoms with Gasteiger partial charge in [-0.05, 0) is 95.7 Å². The highest BCUT2D eigenvalue weighted by molar-refractivity contribution is 5.97. The molecule has 0 saturated carbocycles. The number of nitrogens with zero attached hydrogens (tertiary/aromatic N) is 7. The van der Waals surface area contributed by atoms with Crippen molar-refractivity contribution in [2.24, 2.45) is 11.3 Å². The van der Waals surface area contributed by atoms with Crippen LogP contribution in [0.2, 0.25) is 0 Å². The van der Waals surface area contributed by atoms with Gasteiger partial charge in [0.15, 0.2) is 0 Å². The molecule has 7 heterocycles. The van der Waals surface area contributed by atoms with Crippen molar-refractivity contribution in [3.8, 4) is 28.1 Å². The molecule has 9 rings (SSSR count). The number of carbonyl (C=O) groups excluding carboxylic acids is 5. The Morgan fingerprint density at radius 3 is 2.59 bits per heavy atom. The first-order chi connectivity index (χ1) is 33.4. The van der Waals surface area contributed by atoms with Crippen LogP contribution >= 0.6 is 0 Å². The third-order valence-electron chi connectivity index (χ3n) is 14.2. The van der Waals surface area contributed by atoms with E-state index in [9.17, 15) is 29.1 Å². The van der Waals surface area contributed by atoms with Gasteiger partial charge in [-0.1, -0.05) is 39.8 Å². The molecule has 2 aromatic heterocycles. The number of ether oxygens (including phenoxy) is 2. The van der Waals surface area contributed by atoms with E-state index in [1.165, 1.54) is 33.8 Å². The standard InChI is InChI=1S/C51H66N10O9/c1-9-59-40-13-12-31-21-35(40)36(46(59)37-23-52-15-14-32(37)27-68-8)22-51(4,5)28-69-50-61(70-50)41-11-10-16-60(55-41)48(66)38(19-30-17-33(31)20-34(62)18-30)54-47(65)45(29(2)3)57(7)43(64)25-56(6)42(63)26-58-24-39-44(53-39)49(58)67/h12-15,17-18,20-21,23,29,38-39,41,44-45,50,53,55,62H,9-11,16,19,22,24-28H2,1-8H3,(H,54,65)/t38-,39?,41+,44-,45-,50?,61?/m0/s1. The van der Waals surface area contributed by atoms with Crippen LogP contribution in [0.25, 0.3) is 33.3 Å². The Bertz CT molecular complexity index is 2690. The number of nitrogens with one attached hydrogen (secondary N) is 3. The molecule has 374 valence electrons. The lowest BCUT2D eigenvalue weighted by molar-refractivity contribution is -0.147. The summed E-state index contributed by atoms with van der Waals surface area (Å²) < 4.78 is 14.4. The number of phenols is 1. The molecule has 4 aromatic rings. The zero-order valence-corrected chi connectivity index (χ0v) is 41.4. The number of hydrogen-bond acceptors (Lipinski definition) is 13. The van der Waals surface area contributed by atoms with Gasteiger partial charge in [-0.25, -0.2) is 10.3 Å². The fourth-order valence-electron chi connectivity index (χ4n) is 10.5. The molecule has 19 heteroatoms. The molecule has 5 aliphatic rings. The minimum absolute atomic E-state index is 0.00610. The number of methoxy groups -OCH3 is 1. The molecule has 4 N–H and O–H groups in total. The zero-order chi connectivity index (χ0) is 49.8. The van der Waals surface area contributed by atoms with Crippen LogP contribution in [0.4, 0.5) is 0 Å². The second kappa shape index (κ2) is 19.7. The molecule has 4 fully saturated rings. The van der Waals surface area contributed by atoms with E-state index in [0.717, 1.165) is 44.4 Å². The van der Waals surface area contributed by atoms with E-state index < -0.39 is 54.2 Å². The van der Waals surface area contributed by atoms with Crippen LogP contribution in [-0.2, 0) is 64.3 Å². The number of hydrazine groups is 1. The van der Waals surface area contributed by atoms with E-state index in [2.05, 4.69) is 58.5 Å². The predicted octanol–water partition coefficient (Wildman–Crippen LogP) is 2.98. The number of aromatic hydroxyl groups is 1. The Morgan fingerprint density at radius 1 is 1.06 bits per heavy atom. The van der Waals surface area contributed by atoms with Crippen molar-refractivity contribution in [1.82, 2.24) is 50.4 Å². The first-order valence-corrected chi connectivity index (χ1v) is 24.3. The molecule has 3 unspecified atom stereocenters. The van der Waals surface area contributed by atoms with Gasteiger partial charge >= 0.3 is 0 Å². The maximum Gasteiger partial charge on any atom is 0.260 e. The van der Waals surface area contributed by atoms with Crippen LogP contribution in [0.1, 0.15) is 64.2 Å². The van der Waals surface area contributed by atoms with Crippen LogP contribution in [0.5, 0.6) is 5.75 Å². The van der Waals surface area contributed by atoms with Gasteiger partial charge in [-0.15, -0.1) is 5.06 Å². The smallest absolute Gasteiger partial charge is 0.260 e. The molecule has 7 atom stereocenters. The predicted molar refractivity (Wildman–Crippen MR) is 259 cm³/mol. The molecule has 4 saturated heterocycles. The van der Waals surface area contributed by atoms with Gasteiger partial charge in [-0.3, -0.25) is 39.3 Å². The van der Waals surface area contributed by atoms with Crippen molar-refractivity contribution in [2.45, 2.75) is 110 Å². The highest BCUT2D eigenvalue weighted by Gasteiger charge is 2.52. The van der Waals surface area contributed by atoms with Crippen LogP contribution < -0.4 is 16.1 Å². The van der Waals surface area contributed by atoms with Crippen LogP contribution in [0.3, 0.4) is 0 Å². The number of aryl methyl sites for hydroxylation is 1. The second-order valence-electron chi connectivity index (χ2n) is 20.5. The third-order valence-corrected chi connectivity index (χ3v) is 14.2. The van der Waals surface area contributed by atoms with Gasteiger partial charge in [0.05, 0.1) is 32.0 Å². The van der Waals surface area contributed by atoms with Crippen molar-refractivity contribution < 1.29 is 43.4 Å². The normalized spacial score (nSPS) is 24.4. The number of carbonyl (C=O) groups is 5. The minimum atomic E-state index is -1.14. The van der Waals surface area contributed by atoms with Gasteiger partial charge in [-0.2, -0.15) is 0 Å². The van der Waals surface area contributed by atoms with Crippen molar-refractivity contribution in [2.75, 3.05) is 54.0 Å². The van der Waals surface area contributed by atoms with E-state index in [4.69, 9.17) is 14.3 Å². The average Bonchev–Trinajstić information content (AvgIpc) is 4.24. The van der Waals surface area contributed by atoms with Gasteiger partial charge in [0.25, 0.3) is 12.3 Å². The number of hydroxylamine groups is 2. The molecule has 2 aromatic carbocycles. The molecule has 0 aliphatic carbocycles. The molecule has 5 amide bonds.